The van der Waals surface area contributed by atoms with E-state index in [9.17, 15) is 4.79 Å². The number of benzene rings is 1. The third-order valence-electron chi connectivity index (χ3n) is 3.59. The van der Waals surface area contributed by atoms with Crippen LogP contribution in [0.15, 0.2) is 47.0 Å². The molecule has 0 aliphatic carbocycles. The van der Waals surface area contributed by atoms with E-state index in [4.69, 9.17) is 4.42 Å². The summed E-state index contributed by atoms with van der Waals surface area (Å²) < 4.78 is 5.53. The van der Waals surface area contributed by atoms with Crippen molar-refractivity contribution in [1.82, 2.24) is 10.3 Å². The van der Waals surface area contributed by atoms with Gasteiger partial charge in [-0.2, -0.15) is 0 Å². The number of aryl methyl sites for hydroxylation is 1. The lowest BCUT2D eigenvalue weighted by molar-refractivity contribution is -0.121. The van der Waals surface area contributed by atoms with Gasteiger partial charge >= 0.3 is 0 Å². The molecule has 0 aliphatic heterocycles. The average Bonchev–Trinajstić information content (AvgIpc) is 3.06. The molecule has 0 radical (unpaired) electrons. The second-order valence-corrected chi connectivity index (χ2v) is 5.27. The normalized spacial score (nSPS) is 12.5. The molecule has 0 fully saturated rings. The van der Waals surface area contributed by atoms with E-state index in [2.05, 4.69) is 10.3 Å². The van der Waals surface area contributed by atoms with E-state index in [-0.39, 0.29) is 11.9 Å². The van der Waals surface area contributed by atoms with Crippen LogP contribution in [0.2, 0.25) is 0 Å². The molecule has 3 rings (SSSR count). The topological polar surface area (TPSA) is 58.0 Å². The maximum absolute atomic E-state index is 12.2. The molecular weight excluding hydrogens is 264 g/mol. The van der Waals surface area contributed by atoms with Crippen molar-refractivity contribution < 1.29 is 9.21 Å². The zero-order chi connectivity index (χ0) is 14.8. The van der Waals surface area contributed by atoms with Crippen molar-refractivity contribution >= 4 is 16.8 Å². The second-order valence-electron chi connectivity index (χ2n) is 5.27. The van der Waals surface area contributed by atoms with Crippen LogP contribution >= 0.6 is 0 Å². The van der Waals surface area contributed by atoms with Crippen molar-refractivity contribution in [3.63, 3.8) is 0 Å². The number of carbonyl (C=O) groups is 1. The van der Waals surface area contributed by atoms with Gasteiger partial charge in [-0.1, -0.05) is 18.2 Å². The fraction of sp³-hybridized carbons (Fsp3) is 0.235. The first-order valence-corrected chi connectivity index (χ1v) is 7.04. The van der Waals surface area contributed by atoms with E-state index in [1.165, 1.54) is 0 Å². The molecule has 0 spiro atoms. The minimum absolute atomic E-state index is 0.0127. The Labute approximate surface area is 123 Å². The third-order valence-corrected chi connectivity index (χ3v) is 3.59. The summed E-state index contributed by atoms with van der Waals surface area (Å²) >= 11 is 0. The highest BCUT2D eigenvalue weighted by atomic mass is 16.3. The van der Waals surface area contributed by atoms with Crippen LogP contribution < -0.4 is 5.32 Å². The SMILES string of the molecule is Cc1ccc([C@@H](C)NC(=O)Cc2c[nH]c3ccccc23)o1. The molecule has 21 heavy (non-hydrogen) atoms. The minimum atomic E-state index is -0.128. The molecule has 2 heterocycles. The first-order chi connectivity index (χ1) is 10.1. The van der Waals surface area contributed by atoms with Crippen LogP contribution in [0.25, 0.3) is 10.9 Å². The van der Waals surface area contributed by atoms with Crippen LogP contribution in [-0.2, 0) is 11.2 Å². The Morgan fingerprint density at radius 1 is 1.29 bits per heavy atom. The molecular formula is C17H18N2O2. The first-order valence-electron chi connectivity index (χ1n) is 7.04. The van der Waals surface area contributed by atoms with Gasteiger partial charge in [-0.05, 0) is 37.6 Å². The number of hydrogen-bond acceptors (Lipinski definition) is 2. The highest BCUT2D eigenvalue weighted by Gasteiger charge is 2.14. The van der Waals surface area contributed by atoms with Crippen LogP contribution in [0, 0.1) is 6.92 Å². The zero-order valence-electron chi connectivity index (χ0n) is 12.1. The Morgan fingerprint density at radius 2 is 2.10 bits per heavy atom. The summed E-state index contributed by atoms with van der Waals surface area (Å²) in [5, 5.41) is 4.06. The fourth-order valence-electron chi connectivity index (χ4n) is 2.50. The number of carbonyl (C=O) groups excluding carboxylic acids is 1. The average molecular weight is 282 g/mol. The van der Waals surface area contributed by atoms with Gasteiger partial charge in [0.25, 0.3) is 0 Å². The van der Waals surface area contributed by atoms with E-state index in [0.717, 1.165) is 28.0 Å². The first kappa shape index (κ1) is 13.5. The Balaban J connectivity index is 1.69. The molecule has 0 saturated heterocycles. The van der Waals surface area contributed by atoms with Gasteiger partial charge in [0.2, 0.25) is 5.91 Å². The summed E-state index contributed by atoms with van der Waals surface area (Å²) in [6, 6.07) is 11.6. The molecule has 108 valence electrons. The number of H-pyrrole nitrogens is 1. The van der Waals surface area contributed by atoms with E-state index in [1.807, 2.05) is 56.4 Å². The number of rotatable bonds is 4. The predicted molar refractivity (Wildman–Crippen MR) is 82.0 cm³/mol. The molecule has 2 aromatic heterocycles. The Morgan fingerprint density at radius 3 is 2.86 bits per heavy atom. The molecule has 0 saturated carbocycles. The summed E-state index contributed by atoms with van der Waals surface area (Å²) in [4.78, 5) is 15.4. The number of aromatic amines is 1. The molecule has 1 aromatic carbocycles. The van der Waals surface area contributed by atoms with Crippen molar-refractivity contribution in [3.05, 3.63) is 59.7 Å². The molecule has 4 nitrogen and oxygen atoms in total. The third kappa shape index (κ3) is 2.84. The lowest BCUT2D eigenvalue weighted by Gasteiger charge is -2.11. The summed E-state index contributed by atoms with van der Waals surface area (Å²) in [7, 11) is 0. The van der Waals surface area contributed by atoms with Crippen molar-refractivity contribution in [1.29, 1.82) is 0 Å². The summed E-state index contributed by atoms with van der Waals surface area (Å²) in [5.74, 6) is 1.61. The highest BCUT2D eigenvalue weighted by molar-refractivity contribution is 5.88. The molecule has 3 aromatic rings. The zero-order valence-corrected chi connectivity index (χ0v) is 12.1. The maximum atomic E-state index is 12.2. The van der Waals surface area contributed by atoms with E-state index in [1.54, 1.807) is 0 Å². The number of fused-ring (bicyclic) bond motifs is 1. The van der Waals surface area contributed by atoms with Crippen LogP contribution in [0.4, 0.5) is 0 Å². The molecule has 0 aliphatic rings. The minimum Gasteiger partial charge on any atom is -0.464 e. The summed E-state index contributed by atoms with van der Waals surface area (Å²) in [5.41, 5.74) is 2.06. The van der Waals surface area contributed by atoms with E-state index >= 15 is 0 Å². The number of para-hydroxylation sites is 1. The molecule has 1 atom stereocenters. The largest absolute Gasteiger partial charge is 0.464 e. The van der Waals surface area contributed by atoms with Crippen molar-refractivity contribution in [3.8, 4) is 0 Å². The van der Waals surface area contributed by atoms with Gasteiger partial charge in [0.15, 0.2) is 0 Å². The molecule has 2 N–H and O–H groups in total. The smallest absolute Gasteiger partial charge is 0.225 e. The molecule has 0 bridgehead atoms. The Hall–Kier alpha value is -2.49. The number of hydrogen-bond donors (Lipinski definition) is 2. The lowest BCUT2D eigenvalue weighted by Crippen LogP contribution is -2.27. The van der Waals surface area contributed by atoms with Crippen molar-refractivity contribution in [2.24, 2.45) is 0 Å². The molecule has 4 heteroatoms. The van der Waals surface area contributed by atoms with Crippen LogP contribution in [0.1, 0.15) is 30.0 Å². The predicted octanol–water partition coefficient (Wildman–Crippen LogP) is 3.49. The summed E-state index contributed by atoms with van der Waals surface area (Å²) in [6.45, 7) is 3.81. The van der Waals surface area contributed by atoms with Gasteiger partial charge in [0.1, 0.15) is 11.5 Å². The number of aromatic nitrogens is 1. The number of nitrogens with one attached hydrogen (secondary N) is 2. The van der Waals surface area contributed by atoms with Crippen molar-refractivity contribution in [2.75, 3.05) is 0 Å². The fourth-order valence-corrected chi connectivity index (χ4v) is 2.50. The highest BCUT2D eigenvalue weighted by Crippen LogP contribution is 2.19. The van der Waals surface area contributed by atoms with Gasteiger partial charge in [0, 0.05) is 17.1 Å². The van der Waals surface area contributed by atoms with E-state index in [0.29, 0.717) is 6.42 Å². The number of furan rings is 1. The summed E-state index contributed by atoms with van der Waals surface area (Å²) in [6.07, 6.45) is 2.25. The standard InChI is InChI=1S/C17H18N2O2/c1-11-7-8-16(21-11)12(2)19-17(20)9-13-10-18-15-6-4-3-5-14(13)15/h3-8,10,12,18H,9H2,1-2H3,(H,19,20)/t12-/m1/s1. The van der Waals surface area contributed by atoms with Crippen LogP contribution in [0.5, 0.6) is 0 Å². The van der Waals surface area contributed by atoms with Crippen LogP contribution in [-0.4, -0.2) is 10.9 Å². The van der Waals surface area contributed by atoms with Gasteiger partial charge < -0.3 is 14.7 Å². The molecule has 1 amide bonds. The monoisotopic (exact) mass is 282 g/mol. The number of amides is 1. The van der Waals surface area contributed by atoms with Crippen molar-refractivity contribution in [2.45, 2.75) is 26.3 Å². The van der Waals surface area contributed by atoms with Gasteiger partial charge in [0.05, 0.1) is 12.5 Å². The Bertz CT molecular complexity index is 770. The van der Waals surface area contributed by atoms with Gasteiger partial charge in [-0.25, -0.2) is 0 Å². The Kier molecular flexibility index (Phi) is 3.52. The van der Waals surface area contributed by atoms with E-state index < -0.39 is 0 Å². The maximum Gasteiger partial charge on any atom is 0.225 e. The quantitative estimate of drug-likeness (QED) is 0.769. The van der Waals surface area contributed by atoms with Crippen LogP contribution in [0.3, 0.4) is 0 Å². The molecule has 0 unspecified atom stereocenters. The lowest BCUT2D eigenvalue weighted by atomic mass is 10.1. The second kappa shape index (κ2) is 5.48. The van der Waals surface area contributed by atoms with Gasteiger partial charge in [-0.3, -0.25) is 4.79 Å². The van der Waals surface area contributed by atoms with Gasteiger partial charge in [-0.15, -0.1) is 0 Å².